The van der Waals surface area contributed by atoms with Crippen LogP contribution in [-0.4, -0.2) is 50.5 Å². The van der Waals surface area contributed by atoms with Crippen LogP contribution < -0.4 is 9.62 Å². The number of unbranched alkanes of at least 4 members (excludes halogenated alkanes) is 1. The van der Waals surface area contributed by atoms with Crippen molar-refractivity contribution in [2.45, 2.75) is 39.3 Å². The number of amides is 2. The van der Waals surface area contributed by atoms with Crippen LogP contribution in [0.5, 0.6) is 0 Å². The fourth-order valence-corrected chi connectivity index (χ4v) is 4.73. The normalized spacial score (nSPS) is 12.2. The minimum absolute atomic E-state index is 0.165. The number of nitrogens with one attached hydrogen (secondary N) is 1. The van der Waals surface area contributed by atoms with Gasteiger partial charge in [0.05, 0.1) is 11.9 Å². The van der Waals surface area contributed by atoms with Crippen LogP contribution in [0.4, 0.5) is 5.69 Å². The minimum atomic E-state index is -3.74. The number of hydrogen-bond acceptors (Lipinski definition) is 4. The molecule has 1 atom stereocenters. The standard InChI is InChI=1S/C23H29Br2N3O4S/c1-4-5-13-26-23(30)17(2)27(15-18-7-6-8-20(25)14-18)22(29)16-28(33(3,31)32)21-11-9-19(24)10-12-21/h6-12,14,17H,4-5,13,15-16H2,1-3H3,(H,26,30)/t17-/m0/s1. The van der Waals surface area contributed by atoms with E-state index in [1.165, 1.54) is 4.90 Å². The van der Waals surface area contributed by atoms with Gasteiger partial charge in [0.2, 0.25) is 21.8 Å². The Balaban J connectivity index is 2.33. The highest BCUT2D eigenvalue weighted by Gasteiger charge is 2.30. The summed E-state index contributed by atoms with van der Waals surface area (Å²) in [5, 5.41) is 2.86. The van der Waals surface area contributed by atoms with Crippen LogP contribution in [0.15, 0.2) is 57.5 Å². The molecule has 180 valence electrons. The van der Waals surface area contributed by atoms with Crippen molar-refractivity contribution in [3.63, 3.8) is 0 Å². The molecular formula is C23H29Br2N3O4S. The fourth-order valence-electron chi connectivity index (χ4n) is 3.17. The highest BCUT2D eigenvalue weighted by Crippen LogP contribution is 2.22. The second kappa shape index (κ2) is 12.5. The van der Waals surface area contributed by atoms with Crippen molar-refractivity contribution < 1.29 is 18.0 Å². The molecule has 7 nitrogen and oxygen atoms in total. The molecule has 0 spiro atoms. The maximum Gasteiger partial charge on any atom is 0.244 e. The number of rotatable bonds is 11. The van der Waals surface area contributed by atoms with E-state index in [9.17, 15) is 18.0 Å². The molecule has 1 N–H and O–H groups in total. The summed E-state index contributed by atoms with van der Waals surface area (Å²) >= 11 is 6.76. The summed E-state index contributed by atoms with van der Waals surface area (Å²) in [5.74, 6) is -0.747. The van der Waals surface area contributed by atoms with Crippen LogP contribution in [0.2, 0.25) is 0 Å². The molecule has 0 saturated carbocycles. The third kappa shape index (κ3) is 8.42. The van der Waals surface area contributed by atoms with Crippen molar-refractivity contribution in [2.24, 2.45) is 0 Å². The third-order valence-electron chi connectivity index (χ3n) is 5.03. The maximum absolute atomic E-state index is 13.4. The monoisotopic (exact) mass is 601 g/mol. The van der Waals surface area contributed by atoms with E-state index in [1.54, 1.807) is 31.2 Å². The lowest BCUT2D eigenvalue weighted by Gasteiger charge is -2.31. The molecule has 0 aliphatic heterocycles. The molecule has 0 aliphatic rings. The molecule has 2 aromatic rings. The van der Waals surface area contributed by atoms with Crippen molar-refractivity contribution in [3.8, 4) is 0 Å². The van der Waals surface area contributed by atoms with Crippen LogP contribution >= 0.6 is 31.9 Å². The molecule has 2 rings (SSSR count). The van der Waals surface area contributed by atoms with Gasteiger partial charge in [-0.05, 0) is 55.3 Å². The first kappa shape index (κ1) is 27.3. The summed E-state index contributed by atoms with van der Waals surface area (Å²) in [4.78, 5) is 27.6. The summed E-state index contributed by atoms with van der Waals surface area (Å²) in [6, 6.07) is 13.3. The number of carbonyl (C=O) groups excluding carboxylic acids is 2. The van der Waals surface area contributed by atoms with E-state index in [0.717, 1.165) is 37.9 Å². The average Bonchev–Trinajstić information content (AvgIpc) is 2.75. The van der Waals surface area contributed by atoms with E-state index in [0.29, 0.717) is 12.2 Å². The van der Waals surface area contributed by atoms with Crippen molar-refractivity contribution in [1.82, 2.24) is 10.2 Å². The number of carbonyl (C=O) groups is 2. The molecule has 2 amide bonds. The Hall–Kier alpha value is -1.91. The van der Waals surface area contributed by atoms with Gasteiger partial charge in [0.15, 0.2) is 0 Å². The number of sulfonamides is 1. The quantitative estimate of drug-likeness (QED) is 0.388. The van der Waals surface area contributed by atoms with Crippen LogP contribution in [0, 0.1) is 0 Å². The summed E-state index contributed by atoms with van der Waals surface area (Å²) < 4.78 is 27.7. The molecule has 33 heavy (non-hydrogen) atoms. The van der Waals surface area contributed by atoms with Gasteiger partial charge in [-0.1, -0.05) is 57.3 Å². The van der Waals surface area contributed by atoms with Crippen LogP contribution in [-0.2, 0) is 26.2 Å². The topological polar surface area (TPSA) is 86.8 Å². The largest absolute Gasteiger partial charge is 0.354 e. The highest BCUT2D eigenvalue weighted by atomic mass is 79.9. The molecule has 0 unspecified atom stereocenters. The second-order valence-electron chi connectivity index (χ2n) is 7.72. The number of nitrogens with zero attached hydrogens (tertiary/aromatic N) is 2. The van der Waals surface area contributed by atoms with E-state index in [4.69, 9.17) is 0 Å². The zero-order chi connectivity index (χ0) is 24.6. The number of hydrogen-bond donors (Lipinski definition) is 1. The van der Waals surface area contributed by atoms with Gasteiger partial charge in [-0.15, -0.1) is 0 Å². The zero-order valence-electron chi connectivity index (χ0n) is 18.9. The first-order chi connectivity index (χ1) is 15.5. The van der Waals surface area contributed by atoms with Gasteiger partial charge >= 0.3 is 0 Å². The van der Waals surface area contributed by atoms with Crippen molar-refractivity contribution in [2.75, 3.05) is 23.7 Å². The van der Waals surface area contributed by atoms with Crippen molar-refractivity contribution >= 4 is 59.4 Å². The summed E-state index contributed by atoms with van der Waals surface area (Å²) in [7, 11) is -3.74. The molecule has 10 heteroatoms. The maximum atomic E-state index is 13.4. The molecular weight excluding hydrogens is 574 g/mol. The van der Waals surface area contributed by atoms with Gasteiger partial charge in [-0.3, -0.25) is 13.9 Å². The zero-order valence-corrected chi connectivity index (χ0v) is 22.9. The first-order valence-electron chi connectivity index (χ1n) is 10.6. The lowest BCUT2D eigenvalue weighted by atomic mass is 10.1. The highest BCUT2D eigenvalue weighted by molar-refractivity contribution is 9.10. The van der Waals surface area contributed by atoms with Gasteiger partial charge in [0, 0.05) is 22.0 Å². The lowest BCUT2D eigenvalue weighted by Crippen LogP contribution is -2.51. The molecule has 0 radical (unpaired) electrons. The average molecular weight is 603 g/mol. The predicted octanol–water partition coefficient (Wildman–Crippen LogP) is 4.31. The van der Waals surface area contributed by atoms with E-state index in [1.807, 2.05) is 31.2 Å². The number of halogens is 2. The lowest BCUT2D eigenvalue weighted by molar-refractivity contribution is -0.139. The Kier molecular flexibility index (Phi) is 10.4. The van der Waals surface area contributed by atoms with Crippen LogP contribution in [0.25, 0.3) is 0 Å². The first-order valence-corrected chi connectivity index (χ1v) is 14.0. The second-order valence-corrected chi connectivity index (χ2v) is 11.5. The van der Waals surface area contributed by atoms with Crippen LogP contribution in [0.3, 0.4) is 0 Å². The molecule has 0 aliphatic carbocycles. The Morgan fingerprint density at radius 1 is 1.06 bits per heavy atom. The fraction of sp³-hybridized carbons (Fsp3) is 0.391. The van der Waals surface area contributed by atoms with Crippen molar-refractivity contribution in [3.05, 3.63) is 63.0 Å². The third-order valence-corrected chi connectivity index (χ3v) is 7.20. The number of anilines is 1. The smallest absolute Gasteiger partial charge is 0.244 e. The van der Waals surface area contributed by atoms with Crippen molar-refractivity contribution in [1.29, 1.82) is 0 Å². The molecule has 0 heterocycles. The van der Waals surface area contributed by atoms with Gasteiger partial charge in [-0.25, -0.2) is 8.42 Å². The Morgan fingerprint density at radius 2 is 1.73 bits per heavy atom. The summed E-state index contributed by atoms with van der Waals surface area (Å²) in [6.07, 6.45) is 2.83. The molecule has 2 aromatic carbocycles. The van der Waals surface area contributed by atoms with E-state index in [-0.39, 0.29) is 12.5 Å². The van der Waals surface area contributed by atoms with Crippen LogP contribution in [0.1, 0.15) is 32.3 Å². The summed E-state index contributed by atoms with van der Waals surface area (Å²) in [5.41, 5.74) is 1.19. The Bertz CT molecular complexity index is 1060. The van der Waals surface area contributed by atoms with Gasteiger partial charge < -0.3 is 10.2 Å². The molecule has 0 saturated heterocycles. The number of benzene rings is 2. The SMILES string of the molecule is CCCCNC(=O)[C@H](C)N(Cc1cccc(Br)c1)C(=O)CN(c1ccc(Br)cc1)S(C)(=O)=O. The molecule has 0 bridgehead atoms. The van der Waals surface area contributed by atoms with E-state index in [2.05, 4.69) is 37.2 Å². The summed E-state index contributed by atoms with van der Waals surface area (Å²) in [6.45, 7) is 3.95. The van der Waals surface area contributed by atoms with E-state index < -0.39 is 28.5 Å². The van der Waals surface area contributed by atoms with E-state index >= 15 is 0 Å². The predicted molar refractivity (Wildman–Crippen MR) is 138 cm³/mol. The Labute approximate surface area is 212 Å². The molecule has 0 aromatic heterocycles. The van der Waals surface area contributed by atoms with Gasteiger partial charge in [0.1, 0.15) is 12.6 Å². The Morgan fingerprint density at radius 3 is 2.30 bits per heavy atom. The minimum Gasteiger partial charge on any atom is -0.354 e. The van der Waals surface area contributed by atoms with Gasteiger partial charge in [0.25, 0.3) is 0 Å². The van der Waals surface area contributed by atoms with Gasteiger partial charge in [-0.2, -0.15) is 0 Å². The molecule has 0 fully saturated rings.